The minimum Gasteiger partial charge on any atom is -0.506 e. The summed E-state index contributed by atoms with van der Waals surface area (Å²) in [5, 5.41) is 10.7. The molecule has 0 bridgehead atoms. The second kappa shape index (κ2) is 5.42. The number of aromatic hydroxyl groups is 1. The maximum atomic E-state index is 12.6. The highest BCUT2D eigenvalue weighted by Crippen LogP contribution is 2.40. The molecule has 1 aliphatic carbocycles. The van der Waals surface area contributed by atoms with E-state index in [1.807, 2.05) is 28.7 Å². The summed E-state index contributed by atoms with van der Waals surface area (Å²) in [7, 11) is 0. The van der Waals surface area contributed by atoms with Crippen LogP contribution in [-0.2, 0) is 6.42 Å². The fraction of sp³-hybridized carbons (Fsp3) is 0.118. The van der Waals surface area contributed by atoms with E-state index in [1.54, 1.807) is 24.3 Å². The molecule has 0 aromatic heterocycles. The van der Waals surface area contributed by atoms with E-state index in [-0.39, 0.29) is 18.3 Å². The Balaban J connectivity index is 1.76. The zero-order valence-electron chi connectivity index (χ0n) is 11.7. The lowest BCUT2D eigenvalue weighted by molar-refractivity contribution is 0.104. The fourth-order valence-corrected chi connectivity index (χ4v) is 3.86. The van der Waals surface area contributed by atoms with Gasteiger partial charge in [-0.05, 0) is 58.5 Å². The monoisotopic (exact) mass is 440 g/mol. The number of ether oxygens (including phenoxy) is 2. The number of halogens is 2. The minimum atomic E-state index is -0.0623. The summed E-state index contributed by atoms with van der Waals surface area (Å²) < 4.78 is 11.3. The molecule has 4 rings (SSSR count). The Morgan fingerprint density at radius 2 is 1.91 bits per heavy atom. The first-order chi connectivity index (χ1) is 11.0. The lowest BCUT2D eigenvalue weighted by atomic mass is 10.1. The molecule has 0 amide bonds. The molecule has 4 nitrogen and oxygen atoms in total. The highest BCUT2D eigenvalue weighted by Gasteiger charge is 2.29. The summed E-state index contributed by atoms with van der Waals surface area (Å²) in [6.07, 6.45) is 2.19. The van der Waals surface area contributed by atoms with Crippen LogP contribution in [0.15, 0.2) is 29.8 Å². The maximum Gasteiger partial charge on any atom is 0.231 e. The Labute approximate surface area is 150 Å². The molecule has 116 valence electrons. The largest absolute Gasteiger partial charge is 0.506 e. The van der Waals surface area contributed by atoms with Crippen LogP contribution in [-0.4, -0.2) is 17.7 Å². The SMILES string of the molecule is O=C1/C(=C/c2cc(Cl)cc(I)c2O)Cc2cc3c(cc21)OCO3. The number of hydrogen-bond acceptors (Lipinski definition) is 4. The van der Waals surface area contributed by atoms with Gasteiger partial charge in [-0.15, -0.1) is 0 Å². The van der Waals surface area contributed by atoms with E-state index in [1.165, 1.54) is 0 Å². The van der Waals surface area contributed by atoms with Crippen LogP contribution in [0.5, 0.6) is 17.2 Å². The van der Waals surface area contributed by atoms with Crippen molar-refractivity contribution in [3.05, 3.63) is 55.1 Å². The van der Waals surface area contributed by atoms with E-state index in [4.69, 9.17) is 21.1 Å². The van der Waals surface area contributed by atoms with Crippen LogP contribution in [0, 0.1) is 3.57 Å². The molecule has 2 aromatic carbocycles. The van der Waals surface area contributed by atoms with Crippen LogP contribution < -0.4 is 9.47 Å². The predicted octanol–water partition coefficient (Wildman–Crippen LogP) is 4.20. The highest BCUT2D eigenvalue weighted by molar-refractivity contribution is 14.1. The standard InChI is InChI=1S/C17H10ClIO4/c18-11-3-10(17(21)13(19)5-11)2-9-1-8-4-14-15(23-7-22-14)6-12(8)16(9)20/h2-6,21H,1,7H2/b9-2+. The number of phenolic OH excluding ortho intramolecular Hbond substituents is 1. The maximum absolute atomic E-state index is 12.6. The number of allylic oxidation sites excluding steroid dienone is 1. The Morgan fingerprint density at radius 1 is 1.17 bits per heavy atom. The lowest BCUT2D eigenvalue weighted by Gasteiger charge is -2.04. The van der Waals surface area contributed by atoms with Crippen molar-refractivity contribution < 1.29 is 19.4 Å². The van der Waals surface area contributed by atoms with Gasteiger partial charge in [-0.2, -0.15) is 0 Å². The molecule has 1 heterocycles. The Morgan fingerprint density at radius 3 is 2.70 bits per heavy atom. The number of benzene rings is 2. The van der Waals surface area contributed by atoms with Gasteiger partial charge in [-0.25, -0.2) is 0 Å². The van der Waals surface area contributed by atoms with E-state index >= 15 is 0 Å². The molecular formula is C17H10ClIO4. The number of carbonyl (C=O) groups is 1. The summed E-state index contributed by atoms with van der Waals surface area (Å²) in [4.78, 5) is 12.6. The van der Waals surface area contributed by atoms with Crippen LogP contribution >= 0.6 is 34.2 Å². The van der Waals surface area contributed by atoms with Crippen molar-refractivity contribution in [3.63, 3.8) is 0 Å². The summed E-state index contributed by atoms with van der Waals surface area (Å²) in [5.74, 6) is 1.32. The van der Waals surface area contributed by atoms with Crippen LogP contribution in [0.3, 0.4) is 0 Å². The molecule has 0 spiro atoms. The Hall–Kier alpha value is -1.73. The first-order valence-electron chi connectivity index (χ1n) is 6.89. The third kappa shape index (κ3) is 2.48. The molecule has 23 heavy (non-hydrogen) atoms. The Kier molecular flexibility index (Phi) is 3.50. The number of Topliss-reactive ketones (excluding diaryl/α,β-unsaturated/α-hetero) is 1. The normalized spacial score (nSPS) is 17.0. The summed E-state index contributed by atoms with van der Waals surface area (Å²) in [6.45, 7) is 0.184. The molecule has 0 atom stereocenters. The van der Waals surface area contributed by atoms with Gasteiger partial charge in [0, 0.05) is 28.1 Å². The number of hydrogen-bond donors (Lipinski definition) is 1. The molecule has 6 heteroatoms. The number of rotatable bonds is 1. The van der Waals surface area contributed by atoms with Crippen LogP contribution in [0.2, 0.25) is 5.02 Å². The second-order valence-electron chi connectivity index (χ2n) is 5.36. The van der Waals surface area contributed by atoms with Crippen LogP contribution in [0.4, 0.5) is 0 Å². The van der Waals surface area contributed by atoms with E-state index in [0.717, 1.165) is 5.56 Å². The lowest BCUT2D eigenvalue weighted by Crippen LogP contribution is -1.96. The number of fused-ring (bicyclic) bond motifs is 2. The predicted molar refractivity (Wildman–Crippen MR) is 94.4 cm³/mol. The topological polar surface area (TPSA) is 55.8 Å². The van der Waals surface area contributed by atoms with E-state index in [2.05, 4.69) is 0 Å². The molecular weight excluding hydrogens is 431 g/mol. The quantitative estimate of drug-likeness (QED) is 0.533. The van der Waals surface area contributed by atoms with E-state index in [9.17, 15) is 9.90 Å². The smallest absolute Gasteiger partial charge is 0.231 e. The second-order valence-corrected chi connectivity index (χ2v) is 6.96. The van der Waals surface area contributed by atoms with Gasteiger partial charge in [0.05, 0.1) is 3.57 Å². The van der Waals surface area contributed by atoms with Crippen molar-refractivity contribution in [2.24, 2.45) is 0 Å². The number of carbonyl (C=O) groups excluding carboxylic acids is 1. The molecule has 0 saturated carbocycles. The van der Waals surface area contributed by atoms with Crippen molar-refractivity contribution in [1.82, 2.24) is 0 Å². The molecule has 0 unspecified atom stereocenters. The van der Waals surface area contributed by atoms with Gasteiger partial charge in [-0.3, -0.25) is 4.79 Å². The van der Waals surface area contributed by atoms with Crippen molar-refractivity contribution in [3.8, 4) is 17.2 Å². The van der Waals surface area contributed by atoms with Gasteiger partial charge in [0.1, 0.15) is 5.75 Å². The molecule has 1 N–H and O–H groups in total. The van der Waals surface area contributed by atoms with Gasteiger partial charge >= 0.3 is 0 Å². The van der Waals surface area contributed by atoms with Crippen molar-refractivity contribution in [1.29, 1.82) is 0 Å². The van der Waals surface area contributed by atoms with Gasteiger partial charge in [-0.1, -0.05) is 11.6 Å². The average Bonchev–Trinajstić information content (AvgIpc) is 3.07. The summed E-state index contributed by atoms with van der Waals surface area (Å²) >= 11 is 8.04. The van der Waals surface area contributed by atoms with E-state index in [0.29, 0.717) is 43.2 Å². The Bertz CT molecular complexity index is 889. The van der Waals surface area contributed by atoms with Gasteiger partial charge < -0.3 is 14.6 Å². The third-order valence-electron chi connectivity index (χ3n) is 3.90. The van der Waals surface area contributed by atoms with Crippen molar-refractivity contribution >= 4 is 46.1 Å². The molecule has 1 aliphatic heterocycles. The number of phenols is 1. The fourth-order valence-electron chi connectivity index (χ4n) is 2.80. The van der Waals surface area contributed by atoms with Crippen LogP contribution in [0.1, 0.15) is 21.5 Å². The van der Waals surface area contributed by atoms with E-state index < -0.39 is 0 Å². The third-order valence-corrected chi connectivity index (χ3v) is 4.94. The molecule has 2 aliphatic rings. The molecule has 0 fully saturated rings. The highest BCUT2D eigenvalue weighted by atomic mass is 127. The molecule has 0 saturated heterocycles. The van der Waals surface area contributed by atoms with Crippen molar-refractivity contribution in [2.75, 3.05) is 6.79 Å². The average molecular weight is 441 g/mol. The summed E-state index contributed by atoms with van der Waals surface area (Å²) in [5.41, 5.74) is 2.67. The first-order valence-corrected chi connectivity index (χ1v) is 8.34. The molecule has 2 aromatic rings. The van der Waals surface area contributed by atoms with Crippen LogP contribution in [0.25, 0.3) is 6.08 Å². The first kappa shape index (κ1) is 14.8. The van der Waals surface area contributed by atoms with Gasteiger partial charge in [0.15, 0.2) is 17.3 Å². The minimum absolute atomic E-state index is 0.0623. The molecule has 0 radical (unpaired) electrons. The summed E-state index contributed by atoms with van der Waals surface area (Å²) in [6, 6.07) is 6.89. The number of ketones is 1. The van der Waals surface area contributed by atoms with Gasteiger partial charge in [0.25, 0.3) is 0 Å². The zero-order chi connectivity index (χ0) is 16.1. The van der Waals surface area contributed by atoms with Crippen molar-refractivity contribution in [2.45, 2.75) is 6.42 Å². The van der Waals surface area contributed by atoms with Gasteiger partial charge in [0.2, 0.25) is 6.79 Å². The zero-order valence-corrected chi connectivity index (χ0v) is 14.6.